The van der Waals surface area contributed by atoms with Crippen LogP contribution >= 0.6 is 0 Å². The number of rotatable bonds is 10. The third-order valence-electron chi connectivity index (χ3n) is 8.00. The number of esters is 1. The molecule has 0 fully saturated rings. The van der Waals surface area contributed by atoms with Gasteiger partial charge in [-0.25, -0.2) is 4.99 Å². The van der Waals surface area contributed by atoms with E-state index in [-0.39, 0.29) is 24.2 Å². The molecule has 0 radical (unpaired) electrons. The second-order valence-electron chi connectivity index (χ2n) is 10.5. The largest absolute Gasteiger partial charge is 0.469 e. The molecule has 0 aromatic carbocycles. The molecule has 3 N–H and O–H groups in total. The number of ether oxygens (including phenoxy) is 1. The first-order valence-corrected chi connectivity index (χ1v) is 14.1. The second-order valence-corrected chi connectivity index (χ2v) is 10.5. The summed E-state index contributed by atoms with van der Waals surface area (Å²) >= 11 is 0. The van der Waals surface area contributed by atoms with Crippen LogP contribution in [0.25, 0.3) is 18.2 Å². The zero-order valence-electron chi connectivity index (χ0n) is 25.2. The number of nitrogens with one attached hydrogen (secondary N) is 3. The molecular formula is C34H38N4O4. The van der Waals surface area contributed by atoms with Crippen molar-refractivity contribution in [3.8, 4) is 0 Å². The SMILES string of the molecule is C=CC1=C(C)C(/C=c2\[nH]/c(=C\c3[nH]c(/C=C4\NC(=O)C(C)=C4C=C)c(C)c3CCC(=O)OC)c(CCC)c2C)=NC1=O. The van der Waals surface area contributed by atoms with Crippen LogP contribution in [0.1, 0.15) is 67.3 Å². The van der Waals surface area contributed by atoms with E-state index >= 15 is 0 Å². The molecule has 42 heavy (non-hydrogen) atoms. The number of nitrogens with zero attached hydrogens (tertiary/aromatic N) is 1. The van der Waals surface area contributed by atoms with Gasteiger partial charge in [0.05, 0.1) is 18.5 Å². The lowest BCUT2D eigenvalue weighted by Crippen LogP contribution is -2.15. The molecule has 2 aromatic heterocycles. The maximum atomic E-state index is 12.3. The van der Waals surface area contributed by atoms with E-state index in [9.17, 15) is 14.4 Å². The molecular weight excluding hydrogens is 528 g/mol. The first-order valence-electron chi connectivity index (χ1n) is 14.1. The Morgan fingerprint density at radius 2 is 1.57 bits per heavy atom. The minimum Gasteiger partial charge on any atom is -0.469 e. The Balaban J connectivity index is 1.90. The van der Waals surface area contributed by atoms with Gasteiger partial charge >= 0.3 is 5.97 Å². The van der Waals surface area contributed by atoms with Crippen LogP contribution in [0.5, 0.6) is 0 Å². The van der Waals surface area contributed by atoms with E-state index in [1.165, 1.54) is 12.7 Å². The summed E-state index contributed by atoms with van der Waals surface area (Å²) < 4.78 is 4.91. The number of aromatic amines is 2. The molecule has 0 aliphatic carbocycles. The van der Waals surface area contributed by atoms with Crippen LogP contribution in [-0.4, -0.2) is 40.6 Å². The summed E-state index contributed by atoms with van der Waals surface area (Å²) in [4.78, 5) is 48.0. The first-order chi connectivity index (χ1) is 20.0. The van der Waals surface area contributed by atoms with Crippen molar-refractivity contribution in [3.63, 3.8) is 0 Å². The predicted molar refractivity (Wildman–Crippen MR) is 167 cm³/mol. The summed E-state index contributed by atoms with van der Waals surface area (Å²) in [6.45, 7) is 17.5. The zero-order chi connectivity index (χ0) is 30.7. The van der Waals surface area contributed by atoms with Crippen LogP contribution in [-0.2, 0) is 32.0 Å². The second kappa shape index (κ2) is 12.4. The van der Waals surface area contributed by atoms with Crippen molar-refractivity contribution < 1.29 is 19.1 Å². The highest BCUT2D eigenvalue weighted by Crippen LogP contribution is 2.27. The molecule has 0 saturated carbocycles. The smallest absolute Gasteiger partial charge is 0.305 e. The van der Waals surface area contributed by atoms with Crippen molar-refractivity contribution >= 4 is 41.7 Å². The molecule has 4 heterocycles. The lowest BCUT2D eigenvalue weighted by atomic mass is 10.0. The molecule has 0 spiro atoms. The normalized spacial score (nSPS) is 17.1. The number of allylic oxidation sites excluding steroid dienone is 2. The molecule has 218 valence electrons. The lowest BCUT2D eigenvalue weighted by molar-refractivity contribution is -0.140. The molecule has 8 heteroatoms. The molecule has 0 atom stereocenters. The molecule has 4 rings (SSSR count). The average molecular weight is 567 g/mol. The zero-order valence-corrected chi connectivity index (χ0v) is 25.2. The minimum atomic E-state index is -0.287. The van der Waals surface area contributed by atoms with Gasteiger partial charge in [0.25, 0.3) is 11.8 Å². The number of methoxy groups -OCH3 is 1. The van der Waals surface area contributed by atoms with Crippen molar-refractivity contribution in [1.29, 1.82) is 0 Å². The third-order valence-corrected chi connectivity index (χ3v) is 8.00. The monoisotopic (exact) mass is 566 g/mol. The fourth-order valence-corrected chi connectivity index (χ4v) is 5.46. The molecule has 8 nitrogen and oxygen atoms in total. The number of hydrogen-bond acceptors (Lipinski definition) is 4. The van der Waals surface area contributed by atoms with Gasteiger partial charge in [-0.1, -0.05) is 38.7 Å². The number of carbonyl (C=O) groups is 3. The predicted octanol–water partition coefficient (Wildman–Crippen LogP) is 4.08. The van der Waals surface area contributed by atoms with E-state index in [1.54, 1.807) is 19.1 Å². The Bertz CT molecular complexity index is 1770. The third kappa shape index (κ3) is 5.70. The highest BCUT2D eigenvalue weighted by Gasteiger charge is 2.23. The summed E-state index contributed by atoms with van der Waals surface area (Å²) in [6.07, 6.45) is 11.6. The Hall–Kier alpha value is -4.72. The number of carbonyl (C=O) groups excluding carboxylic acids is 3. The molecule has 0 bridgehead atoms. The quantitative estimate of drug-likeness (QED) is 0.376. The number of aliphatic imine (C=N–C) groups is 1. The Morgan fingerprint density at radius 3 is 2.19 bits per heavy atom. The summed E-state index contributed by atoms with van der Waals surface area (Å²) in [5.74, 6) is -0.711. The summed E-state index contributed by atoms with van der Waals surface area (Å²) in [5, 5.41) is 4.74. The van der Waals surface area contributed by atoms with Crippen LogP contribution in [0, 0.1) is 13.8 Å². The lowest BCUT2D eigenvalue weighted by Gasteiger charge is -2.03. The summed E-state index contributed by atoms with van der Waals surface area (Å²) in [7, 11) is 1.39. The van der Waals surface area contributed by atoms with E-state index in [1.807, 2.05) is 26.0 Å². The van der Waals surface area contributed by atoms with Crippen LogP contribution in [0.15, 0.2) is 58.3 Å². The Labute approximate surface area is 246 Å². The van der Waals surface area contributed by atoms with Gasteiger partial charge < -0.3 is 20.0 Å². The summed E-state index contributed by atoms with van der Waals surface area (Å²) in [6, 6.07) is 0. The van der Waals surface area contributed by atoms with Gasteiger partial charge in [-0.05, 0) is 86.6 Å². The highest BCUT2D eigenvalue weighted by molar-refractivity contribution is 6.31. The minimum absolute atomic E-state index is 0.147. The Morgan fingerprint density at radius 1 is 0.857 bits per heavy atom. The molecule has 2 aliphatic rings. The molecule has 0 saturated heterocycles. The topological polar surface area (TPSA) is 116 Å². The maximum absolute atomic E-state index is 12.3. The Kier molecular flexibility index (Phi) is 8.95. The van der Waals surface area contributed by atoms with Gasteiger partial charge in [-0.15, -0.1) is 0 Å². The number of hydrogen-bond donors (Lipinski definition) is 3. The number of amides is 2. The van der Waals surface area contributed by atoms with Crippen molar-refractivity contribution in [2.45, 2.75) is 60.3 Å². The van der Waals surface area contributed by atoms with E-state index in [4.69, 9.17) is 4.74 Å². The van der Waals surface area contributed by atoms with Gasteiger partial charge in [0.1, 0.15) is 0 Å². The van der Waals surface area contributed by atoms with E-state index in [2.05, 4.69) is 53.4 Å². The van der Waals surface area contributed by atoms with Gasteiger partial charge in [0.2, 0.25) is 0 Å². The van der Waals surface area contributed by atoms with E-state index in [0.717, 1.165) is 62.8 Å². The van der Waals surface area contributed by atoms with Gasteiger partial charge in [-0.2, -0.15) is 0 Å². The summed E-state index contributed by atoms with van der Waals surface area (Å²) in [5.41, 5.74) is 9.90. The van der Waals surface area contributed by atoms with Crippen molar-refractivity contribution in [2.75, 3.05) is 7.11 Å². The van der Waals surface area contributed by atoms with E-state index < -0.39 is 0 Å². The van der Waals surface area contributed by atoms with Gasteiger partial charge in [0, 0.05) is 45.2 Å². The number of H-pyrrole nitrogens is 2. The molecule has 2 aliphatic heterocycles. The van der Waals surface area contributed by atoms with Crippen LogP contribution in [0.3, 0.4) is 0 Å². The van der Waals surface area contributed by atoms with Crippen LogP contribution < -0.4 is 16.0 Å². The van der Waals surface area contributed by atoms with Gasteiger partial charge in [-0.3, -0.25) is 14.4 Å². The van der Waals surface area contributed by atoms with Crippen LogP contribution in [0.2, 0.25) is 0 Å². The van der Waals surface area contributed by atoms with Crippen molar-refractivity contribution in [1.82, 2.24) is 15.3 Å². The van der Waals surface area contributed by atoms with Crippen LogP contribution in [0.4, 0.5) is 0 Å². The molecule has 0 unspecified atom stereocenters. The average Bonchev–Trinajstić information content (AvgIpc) is 3.61. The first kappa shape index (κ1) is 30.2. The standard InChI is InChI=1S/C34H38N4O4/c1-9-12-24-19(5)26(15-28-18(4)23(11-3)34(41)37-28)35-30(24)17-31-25(13-14-32(39)42-8)20(6)27(36-31)16-29-22(10-2)21(7)33(40)38-29/h10-11,15-17,35-36H,2-3,9,12-14H2,1,4-8H3,(H,38,40)/b26-15-,29-16-,30-17-. The molecule has 2 aromatic rings. The van der Waals surface area contributed by atoms with E-state index in [0.29, 0.717) is 29.0 Å². The number of aromatic nitrogens is 2. The fraction of sp³-hybridized carbons (Fsp3) is 0.294. The molecule has 2 amide bonds. The van der Waals surface area contributed by atoms with Crippen molar-refractivity contribution in [3.05, 3.63) is 97.6 Å². The maximum Gasteiger partial charge on any atom is 0.305 e. The highest BCUT2D eigenvalue weighted by atomic mass is 16.5. The fourth-order valence-electron chi connectivity index (χ4n) is 5.46. The van der Waals surface area contributed by atoms with Crippen molar-refractivity contribution in [2.24, 2.45) is 4.99 Å². The van der Waals surface area contributed by atoms with Gasteiger partial charge in [0.15, 0.2) is 0 Å².